The first-order valence-electron chi connectivity index (χ1n) is 8.58. The molecule has 4 rings (SSSR count). The van der Waals surface area contributed by atoms with Crippen LogP contribution in [0.4, 0.5) is 0 Å². The summed E-state index contributed by atoms with van der Waals surface area (Å²) in [7, 11) is 0. The van der Waals surface area contributed by atoms with E-state index >= 15 is 0 Å². The van der Waals surface area contributed by atoms with Crippen LogP contribution in [0.1, 0.15) is 39.0 Å². The number of rotatable bonds is 4. The van der Waals surface area contributed by atoms with Crippen LogP contribution in [0.5, 0.6) is 11.5 Å². The van der Waals surface area contributed by atoms with Gasteiger partial charge in [0.25, 0.3) is 0 Å². The number of hydrogen-bond acceptors (Lipinski definition) is 4. The molecule has 2 unspecified atom stereocenters. The van der Waals surface area contributed by atoms with Crippen LogP contribution in [0.2, 0.25) is 0 Å². The zero-order chi connectivity index (χ0) is 15.8. The fraction of sp³-hybridized carbons (Fsp3) is 0.526. The van der Waals surface area contributed by atoms with E-state index in [9.17, 15) is 4.79 Å². The Labute approximate surface area is 135 Å². The van der Waals surface area contributed by atoms with E-state index in [0.29, 0.717) is 18.3 Å². The van der Waals surface area contributed by atoms with Gasteiger partial charge >= 0.3 is 5.63 Å². The minimum atomic E-state index is -0.438. The molecule has 0 saturated heterocycles. The minimum absolute atomic E-state index is 0.262. The summed E-state index contributed by atoms with van der Waals surface area (Å²) < 4.78 is 16.8. The van der Waals surface area contributed by atoms with Gasteiger partial charge in [-0.25, -0.2) is 4.79 Å². The third-order valence-electron chi connectivity index (χ3n) is 5.12. The van der Waals surface area contributed by atoms with Crippen molar-refractivity contribution >= 4 is 11.0 Å². The van der Waals surface area contributed by atoms with Crippen LogP contribution in [0, 0.1) is 11.8 Å². The van der Waals surface area contributed by atoms with Gasteiger partial charge in [0.15, 0.2) is 0 Å². The summed E-state index contributed by atoms with van der Waals surface area (Å²) in [6, 6.07) is 7.43. The lowest BCUT2D eigenvalue weighted by Gasteiger charge is -2.28. The Hall–Kier alpha value is -1.97. The topological polar surface area (TPSA) is 48.7 Å². The van der Waals surface area contributed by atoms with E-state index in [-0.39, 0.29) is 5.75 Å². The van der Waals surface area contributed by atoms with E-state index in [1.165, 1.54) is 19.3 Å². The molecule has 0 aliphatic heterocycles. The molecule has 4 nitrogen and oxygen atoms in total. The fourth-order valence-electron chi connectivity index (χ4n) is 4.14. The van der Waals surface area contributed by atoms with Gasteiger partial charge in [0.1, 0.15) is 11.3 Å². The van der Waals surface area contributed by atoms with Gasteiger partial charge in [-0.2, -0.15) is 0 Å². The Morgan fingerprint density at radius 1 is 1.13 bits per heavy atom. The summed E-state index contributed by atoms with van der Waals surface area (Å²) in [5, 5.41) is 0.851. The molecule has 2 aliphatic rings. The maximum Gasteiger partial charge on any atom is 0.379 e. The second-order valence-electron chi connectivity index (χ2n) is 6.79. The van der Waals surface area contributed by atoms with Crippen molar-refractivity contribution in [2.75, 3.05) is 6.61 Å². The molecule has 2 saturated carbocycles. The van der Waals surface area contributed by atoms with Gasteiger partial charge in [0.05, 0.1) is 12.7 Å². The fourth-order valence-corrected chi connectivity index (χ4v) is 4.14. The molecular weight excluding hydrogens is 292 g/mol. The van der Waals surface area contributed by atoms with Crippen molar-refractivity contribution in [2.24, 2.45) is 11.8 Å². The number of ether oxygens (including phenoxy) is 2. The van der Waals surface area contributed by atoms with Crippen molar-refractivity contribution in [3.05, 3.63) is 34.7 Å². The van der Waals surface area contributed by atoms with Gasteiger partial charge < -0.3 is 13.9 Å². The van der Waals surface area contributed by atoms with E-state index in [2.05, 4.69) is 0 Å². The second kappa shape index (κ2) is 5.91. The van der Waals surface area contributed by atoms with Crippen LogP contribution >= 0.6 is 0 Å². The largest absolute Gasteiger partial charge is 0.490 e. The van der Waals surface area contributed by atoms with Crippen LogP contribution < -0.4 is 15.1 Å². The molecule has 0 radical (unpaired) electrons. The van der Waals surface area contributed by atoms with Crippen LogP contribution in [0.15, 0.2) is 33.5 Å². The SMILES string of the molecule is CCOc1cc2ccc(OC3CC4CCC(C4)C3)cc2oc1=O. The Morgan fingerprint density at radius 3 is 2.65 bits per heavy atom. The first-order valence-corrected chi connectivity index (χ1v) is 8.58. The zero-order valence-electron chi connectivity index (χ0n) is 13.4. The Morgan fingerprint density at radius 2 is 1.91 bits per heavy atom. The molecule has 122 valence electrons. The number of hydrogen-bond donors (Lipinski definition) is 0. The molecule has 1 heterocycles. The predicted molar refractivity (Wildman–Crippen MR) is 88.1 cm³/mol. The van der Waals surface area contributed by atoms with E-state index in [1.807, 2.05) is 25.1 Å². The third-order valence-corrected chi connectivity index (χ3v) is 5.12. The van der Waals surface area contributed by atoms with Gasteiger partial charge in [0.2, 0.25) is 5.75 Å². The van der Waals surface area contributed by atoms with Gasteiger partial charge in [-0.15, -0.1) is 0 Å². The van der Waals surface area contributed by atoms with E-state index in [1.54, 1.807) is 6.07 Å². The number of benzene rings is 1. The van der Waals surface area contributed by atoms with Crippen molar-refractivity contribution in [1.29, 1.82) is 0 Å². The summed E-state index contributed by atoms with van der Waals surface area (Å²) in [6.45, 7) is 2.29. The molecule has 2 fully saturated rings. The maximum atomic E-state index is 11.9. The molecule has 23 heavy (non-hydrogen) atoms. The minimum Gasteiger partial charge on any atom is -0.490 e. The smallest absolute Gasteiger partial charge is 0.379 e. The highest BCUT2D eigenvalue weighted by atomic mass is 16.5. The Kier molecular flexibility index (Phi) is 3.76. The van der Waals surface area contributed by atoms with Crippen molar-refractivity contribution < 1.29 is 13.9 Å². The first kappa shape index (κ1) is 14.6. The molecule has 1 aromatic carbocycles. The molecule has 4 heteroatoms. The van der Waals surface area contributed by atoms with E-state index in [0.717, 1.165) is 35.8 Å². The highest BCUT2D eigenvalue weighted by Crippen LogP contribution is 2.43. The van der Waals surface area contributed by atoms with Crippen molar-refractivity contribution in [2.45, 2.75) is 45.1 Å². The second-order valence-corrected chi connectivity index (χ2v) is 6.79. The predicted octanol–water partition coefficient (Wildman–Crippen LogP) is 4.15. The standard InChI is InChI=1S/C19H22O4/c1-2-21-18-10-14-5-6-15(11-17(14)23-19(18)20)22-16-8-12-3-4-13(7-12)9-16/h5-6,10-13,16H,2-4,7-9H2,1H3. The van der Waals surface area contributed by atoms with Gasteiger partial charge in [-0.1, -0.05) is 12.8 Å². The quantitative estimate of drug-likeness (QED) is 0.796. The summed E-state index contributed by atoms with van der Waals surface area (Å²) in [5.74, 6) is 2.73. The van der Waals surface area contributed by atoms with Gasteiger partial charge in [0, 0.05) is 11.5 Å². The van der Waals surface area contributed by atoms with E-state index in [4.69, 9.17) is 13.9 Å². The van der Waals surface area contributed by atoms with Crippen LogP contribution in [-0.2, 0) is 0 Å². The molecule has 2 aromatic rings. The van der Waals surface area contributed by atoms with Crippen LogP contribution in [0.25, 0.3) is 11.0 Å². The van der Waals surface area contributed by atoms with Crippen LogP contribution in [-0.4, -0.2) is 12.7 Å². The maximum absolute atomic E-state index is 11.9. The number of fused-ring (bicyclic) bond motifs is 3. The average Bonchev–Trinajstić information content (AvgIpc) is 2.87. The lowest BCUT2D eigenvalue weighted by molar-refractivity contribution is 0.119. The molecular formula is C19H22O4. The lowest BCUT2D eigenvalue weighted by Crippen LogP contribution is -2.26. The molecule has 1 aromatic heterocycles. The van der Waals surface area contributed by atoms with Gasteiger partial charge in [-0.3, -0.25) is 0 Å². The average molecular weight is 314 g/mol. The Balaban J connectivity index is 1.56. The highest BCUT2D eigenvalue weighted by molar-refractivity contribution is 5.79. The molecule has 2 aliphatic carbocycles. The molecule has 2 atom stereocenters. The summed E-state index contributed by atoms with van der Waals surface area (Å²) >= 11 is 0. The zero-order valence-corrected chi connectivity index (χ0v) is 13.4. The summed E-state index contributed by atoms with van der Waals surface area (Å²) in [4.78, 5) is 11.9. The molecule has 0 spiro atoms. The van der Waals surface area contributed by atoms with E-state index < -0.39 is 5.63 Å². The Bertz CT molecular complexity index is 752. The molecule has 0 amide bonds. The van der Waals surface area contributed by atoms with Crippen LogP contribution in [0.3, 0.4) is 0 Å². The highest BCUT2D eigenvalue weighted by Gasteiger charge is 2.35. The lowest BCUT2D eigenvalue weighted by atomic mass is 9.87. The molecule has 2 bridgehead atoms. The third kappa shape index (κ3) is 2.94. The monoisotopic (exact) mass is 314 g/mol. The summed E-state index contributed by atoms with van der Waals surface area (Å²) in [6.07, 6.45) is 6.71. The summed E-state index contributed by atoms with van der Waals surface area (Å²) in [5.41, 5.74) is 0.113. The van der Waals surface area contributed by atoms with Gasteiger partial charge in [-0.05, 0) is 56.2 Å². The van der Waals surface area contributed by atoms with Crippen molar-refractivity contribution in [1.82, 2.24) is 0 Å². The normalized spacial score (nSPS) is 26.4. The van der Waals surface area contributed by atoms with Crippen molar-refractivity contribution in [3.8, 4) is 11.5 Å². The molecule has 0 N–H and O–H groups in total. The van der Waals surface area contributed by atoms with Crippen molar-refractivity contribution in [3.63, 3.8) is 0 Å². The first-order chi connectivity index (χ1) is 11.2.